The Balaban J connectivity index is 2.05. The molecular formula is C12H15NO2S. The van der Waals surface area contributed by atoms with E-state index in [4.69, 9.17) is 5.11 Å². The minimum Gasteiger partial charge on any atom is -0.480 e. The zero-order valence-electron chi connectivity index (χ0n) is 9.14. The van der Waals surface area contributed by atoms with Gasteiger partial charge in [0.2, 0.25) is 0 Å². The number of benzene rings is 1. The predicted molar refractivity (Wildman–Crippen MR) is 65.6 cm³/mol. The molecule has 4 heteroatoms. The van der Waals surface area contributed by atoms with Crippen LogP contribution in [0.1, 0.15) is 23.4 Å². The van der Waals surface area contributed by atoms with Gasteiger partial charge >= 0.3 is 5.97 Å². The highest BCUT2D eigenvalue weighted by Crippen LogP contribution is 2.32. The molecule has 1 aliphatic heterocycles. The van der Waals surface area contributed by atoms with Gasteiger partial charge in [-0.1, -0.05) is 31.2 Å². The monoisotopic (exact) mass is 237 g/mol. The lowest BCUT2D eigenvalue weighted by Gasteiger charge is -2.11. The molecule has 1 aliphatic rings. The average Bonchev–Trinajstić information content (AvgIpc) is 2.78. The van der Waals surface area contributed by atoms with Crippen molar-refractivity contribution < 1.29 is 9.90 Å². The molecule has 1 saturated heterocycles. The van der Waals surface area contributed by atoms with Gasteiger partial charge in [0.15, 0.2) is 0 Å². The quantitative estimate of drug-likeness (QED) is 0.844. The molecule has 86 valence electrons. The van der Waals surface area contributed by atoms with Crippen LogP contribution in [0.2, 0.25) is 0 Å². The highest BCUT2D eigenvalue weighted by molar-refractivity contribution is 7.99. The number of rotatable bonds is 3. The van der Waals surface area contributed by atoms with Crippen molar-refractivity contribution >= 4 is 17.7 Å². The van der Waals surface area contributed by atoms with E-state index in [-0.39, 0.29) is 5.37 Å². The van der Waals surface area contributed by atoms with Crippen molar-refractivity contribution in [3.05, 3.63) is 35.4 Å². The Kier molecular flexibility index (Phi) is 3.51. The first-order valence-electron chi connectivity index (χ1n) is 5.40. The topological polar surface area (TPSA) is 49.3 Å². The standard InChI is InChI=1S/C12H15NO2S/c1-2-8-3-5-9(6-4-8)11-13-10(7-16-11)12(14)15/h3-6,10-11,13H,2,7H2,1H3,(H,14,15)/t10-,11?/m1/s1. The van der Waals surface area contributed by atoms with Gasteiger partial charge in [-0.25, -0.2) is 0 Å². The van der Waals surface area contributed by atoms with Crippen LogP contribution >= 0.6 is 11.8 Å². The van der Waals surface area contributed by atoms with E-state index in [9.17, 15) is 4.79 Å². The minimum atomic E-state index is -0.764. The molecule has 0 saturated carbocycles. The van der Waals surface area contributed by atoms with Crippen LogP contribution < -0.4 is 5.32 Å². The van der Waals surface area contributed by atoms with Gasteiger partial charge in [0, 0.05) is 5.75 Å². The maximum atomic E-state index is 10.8. The summed E-state index contributed by atoms with van der Waals surface area (Å²) in [5.41, 5.74) is 2.47. The first kappa shape index (κ1) is 11.5. The Morgan fingerprint density at radius 2 is 2.19 bits per heavy atom. The third-order valence-electron chi connectivity index (χ3n) is 2.77. The van der Waals surface area contributed by atoms with E-state index in [2.05, 4.69) is 36.5 Å². The number of aryl methyl sites for hydroxylation is 1. The van der Waals surface area contributed by atoms with Gasteiger partial charge in [-0.15, -0.1) is 11.8 Å². The summed E-state index contributed by atoms with van der Waals surface area (Å²) in [7, 11) is 0. The molecule has 1 fully saturated rings. The molecule has 0 bridgehead atoms. The summed E-state index contributed by atoms with van der Waals surface area (Å²) in [4.78, 5) is 10.8. The van der Waals surface area contributed by atoms with Crippen molar-refractivity contribution in [3.8, 4) is 0 Å². The fourth-order valence-electron chi connectivity index (χ4n) is 1.73. The zero-order valence-corrected chi connectivity index (χ0v) is 9.96. The van der Waals surface area contributed by atoms with Gasteiger partial charge < -0.3 is 5.11 Å². The number of aliphatic carboxylic acids is 1. The number of thioether (sulfide) groups is 1. The van der Waals surface area contributed by atoms with E-state index in [0.717, 1.165) is 12.0 Å². The molecular weight excluding hydrogens is 222 g/mol. The predicted octanol–water partition coefficient (Wildman–Crippen LogP) is 2.04. The second-order valence-corrected chi connectivity index (χ2v) is 5.00. The van der Waals surface area contributed by atoms with Crippen LogP contribution in [0.5, 0.6) is 0 Å². The Hall–Kier alpha value is -1.00. The number of carboxylic acid groups (broad SMARTS) is 1. The van der Waals surface area contributed by atoms with E-state index < -0.39 is 12.0 Å². The molecule has 0 radical (unpaired) electrons. The average molecular weight is 237 g/mol. The molecule has 16 heavy (non-hydrogen) atoms. The van der Waals surface area contributed by atoms with Gasteiger partial charge in [-0.2, -0.15) is 0 Å². The molecule has 3 nitrogen and oxygen atoms in total. The van der Waals surface area contributed by atoms with Crippen LogP contribution in [0.3, 0.4) is 0 Å². The molecule has 1 unspecified atom stereocenters. The third-order valence-corrected chi connectivity index (χ3v) is 4.04. The zero-order chi connectivity index (χ0) is 11.5. The number of carboxylic acids is 1. The Bertz CT molecular complexity index is 377. The van der Waals surface area contributed by atoms with Crippen molar-refractivity contribution in [2.24, 2.45) is 0 Å². The highest BCUT2D eigenvalue weighted by atomic mass is 32.2. The SMILES string of the molecule is CCc1ccc(C2N[C@@H](C(=O)O)CS2)cc1. The fraction of sp³-hybridized carbons (Fsp3) is 0.417. The normalized spacial score (nSPS) is 24.6. The summed E-state index contributed by atoms with van der Waals surface area (Å²) >= 11 is 1.65. The molecule has 1 heterocycles. The summed E-state index contributed by atoms with van der Waals surface area (Å²) in [6.07, 6.45) is 1.03. The van der Waals surface area contributed by atoms with E-state index in [0.29, 0.717) is 5.75 Å². The number of nitrogens with one attached hydrogen (secondary N) is 1. The summed E-state index contributed by atoms with van der Waals surface area (Å²) in [5, 5.41) is 12.1. The summed E-state index contributed by atoms with van der Waals surface area (Å²) in [6, 6.07) is 7.94. The lowest BCUT2D eigenvalue weighted by molar-refractivity contribution is -0.138. The summed E-state index contributed by atoms with van der Waals surface area (Å²) < 4.78 is 0. The minimum absolute atomic E-state index is 0.118. The Labute approximate surface area is 99.2 Å². The molecule has 2 N–H and O–H groups in total. The number of hydrogen-bond acceptors (Lipinski definition) is 3. The molecule has 2 atom stereocenters. The van der Waals surface area contributed by atoms with Gasteiger partial charge in [0.1, 0.15) is 6.04 Å². The van der Waals surface area contributed by atoms with E-state index in [1.165, 1.54) is 5.56 Å². The molecule has 1 aromatic rings. The molecule has 0 aliphatic carbocycles. The fourth-order valence-corrected chi connectivity index (χ4v) is 2.97. The van der Waals surface area contributed by atoms with Crippen LogP contribution in [-0.2, 0) is 11.2 Å². The molecule has 0 aromatic heterocycles. The van der Waals surface area contributed by atoms with Crippen LogP contribution in [-0.4, -0.2) is 22.9 Å². The Morgan fingerprint density at radius 1 is 1.50 bits per heavy atom. The van der Waals surface area contributed by atoms with Crippen LogP contribution in [0.15, 0.2) is 24.3 Å². The molecule has 0 spiro atoms. The molecule has 1 aromatic carbocycles. The number of carbonyl (C=O) groups is 1. The maximum absolute atomic E-state index is 10.8. The van der Waals surface area contributed by atoms with Gasteiger partial charge in [0.25, 0.3) is 0 Å². The maximum Gasteiger partial charge on any atom is 0.321 e. The van der Waals surface area contributed by atoms with Crippen molar-refractivity contribution in [2.75, 3.05) is 5.75 Å². The first-order valence-corrected chi connectivity index (χ1v) is 6.45. The highest BCUT2D eigenvalue weighted by Gasteiger charge is 2.29. The summed E-state index contributed by atoms with van der Waals surface area (Å²) in [5.74, 6) is -0.129. The molecule has 0 amide bonds. The van der Waals surface area contributed by atoms with Gasteiger partial charge in [0.05, 0.1) is 5.37 Å². The van der Waals surface area contributed by atoms with Crippen molar-refractivity contribution in [2.45, 2.75) is 24.8 Å². The Morgan fingerprint density at radius 3 is 2.69 bits per heavy atom. The van der Waals surface area contributed by atoms with Crippen molar-refractivity contribution in [1.82, 2.24) is 5.32 Å². The van der Waals surface area contributed by atoms with E-state index in [1.54, 1.807) is 11.8 Å². The van der Waals surface area contributed by atoms with Crippen LogP contribution in [0, 0.1) is 0 Å². The third kappa shape index (κ3) is 2.39. The summed E-state index contributed by atoms with van der Waals surface area (Å²) in [6.45, 7) is 2.12. The lowest BCUT2D eigenvalue weighted by Crippen LogP contribution is -2.33. The van der Waals surface area contributed by atoms with E-state index >= 15 is 0 Å². The smallest absolute Gasteiger partial charge is 0.321 e. The van der Waals surface area contributed by atoms with Gasteiger partial charge in [-0.3, -0.25) is 10.1 Å². The van der Waals surface area contributed by atoms with Crippen molar-refractivity contribution in [1.29, 1.82) is 0 Å². The van der Waals surface area contributed by atoms with E-state index in [1.807, 2.05) is 0 Å². The first-order chi connectivity index (χ1) is 7.70. The second kappa shape index (κ2) is 4.89. The second-order valence-electron chi connectivity index (χ2n) is 3.87. The van der Waals surface area contributed by atoms with Crippen molar-refractivity contribution in [3.63, 3.8) is 0 Å². The van der Waals surface area contributed by atoms with Gasteiger partial charge in [-0.05, 0) is 17.5 Å². The number of hydrogen-bond donors (Lipinski definition) is 2. The van der Waals surface area contributed by atoms with Crippen LogP contribution in [0.4, 0.5) is 0 Å². The molecule has 2 rings (SSSR count). The largest absolute Gasteiger partial charge is 0.480 e. The van der Waals surface area contributed by atoms with Crippen LogP contribution in [0.25, 0.3) is 0 Å². The lowest BCUT2D eigenvalue weighted by atomic mass is 10.1.